The van der Waals surface area contributed by atoms with Gasteiger partial charge in [-0.05, 0) is 35.4 Å². The van der Waals surface area contributed by atoms with Gasteiger partial charge in [-0.15, -0.1) is 11.3 Å². The minimum Gasteiger partial charge on any atom is -0.494 e. The molecule has 0 aliphatic rings. The van der Waals surface area contributed by atoms with Crippen LogP contribution in [-0.4, -0.2) is 15.1 Å². The van der Waals surface area contributed by atoms with Crippen molar-refractivity contribution in [2.24, 2.45) is 0 Å². The number of nitrogens with zero attached hydrogens (tertiary/aromatic N) is 1. The molecule has 0 fully saturated rings. The molecule has 3 aromatic heterocycles. The van der Waals surface area contributed by atoms with Crippen LogP contribution in [0.4, 0.5) is 0 Å². The maximum atomic E-state index is 11.4. The molecule has 6 heteroatoms. The molecule has 0 saturated carbocycles. The van der Waals surface area contributed by atoms with E-state index in [1.807, 2.05) is 42.5 Å². The number of hydrogen-bond acceptors (Lipinski definition) is 5. The molecule has 3 heterocycles. The smallest absolute Gasteiger partial charge is 0.307 e. The van der Waals surface area contributed by atoms with Crippen LogP contribution in [0.15, 0.2) is 77.6 Å². The summed E-state index contributed by atoms with van der Waals surface area (Å²) in [5.74, 6) is -0.0369. The van der Waals surface area contributed by atoms with E-state index in [0.29, 0.717) is 11.3 Å². The zero-order valence-corrected chi connectivity index (χ0v) is 16.9. The molecule has 0 atom stereocenters. The van der Waals surface area contributed by atoms with Gasteiger partial charge in [0.25, 0.3) is 0 Å². The van der Waals surface area contributed by atoms with E-state index in [1.165, 1.54) is 0 Å². The molecule has 2 N–H and O–H groups in total. The van der Waals surface area contributed by atoms with E-state index in [2.05, 4.69) is 35.3 Å². The lowest BCUT2D eigenvalue weighted by Crippen LogP contribution is -1.89. The first kappa shape index (κ1) is 17.8. The molecular formula is C23H16N2O2S2. The summed E-state index contributed by atoms with van der Waals surface area (Å²) in [6, 6.07) is 24.7. The second-order valence-corrected chi connectivity index (χ2v) is 8.90. The van der Waals surface area contributed by atoms with Gasteiger partial charge >= 0.3 is 4.87 Å². The fourth-order valence-corrected chi connectivity index (χ4v) is 5.22. The number of H-pyrrole nitrogens is 1. The highest BCUT2D eigenvalue weighted by Gasteiger charge is 2.13. The molecule has 0 amide bonds. The number of thiophene rings is 1. The van der Waals surface area contributed by atoms with Gasteiger partial charge in [0.2, 0.25) is 5.88 Å². The van der Waals surface area contributed by atoms with Crippen LogP contribution in [0.25, 0.3) is 32.6 Å². The Labute approximate surface area is 174 Å². The number of pyridine rings is 1. The SMILES string of the molecule is O=c1[nH]c(O)c(Cc2ccc(-c3cc(-c4ccccc4)c4ccccc4n3)s2)s1. The van der Waals surface area contributed by atoms with Crippen molar-refractivity contribution in [2.75, 3.05) is 0 Å². The lowest BCUT2D eigenvalue weighted by Gasteiger charge is -2.09. The van der Waals surface area contributed by atoms with Gasteiger partial charge in [0.15, 0.2) is 0 Å². The predicted molar refractivity (Wildman–Crippen MR) is 120 cm³/mol. The number of aromatic hydroxyl groups is 1. The van der Waals surface area contributed by atoms with Crippen molar-refractivity contribution in [2.45, 2.75) is 6.42 Å². The molecule has 0 aliphatic heterocycles. The Morgan fingerprint density at radius 1 is 0.931 bits per heavy atom. The number of rotatable bonds is 4. The first-order valence-corrected chi connectivity index (χ1v) is 10.8. The average Bonchev–Trinajstić information content (AvgIpc) is 3.34. The van der Waals surface area contributed by atoms with Crippen LogP contribution in [0.5, 0.6) is 5.88 Å². The summed E-state index contributed by atoms with van der Waals surface area (Å²) in [7, 11) is 0. The van der Waals surface area contributed by atoms with Crippen LogP contribution in [0.2, 0.25) is 0 Å². The van der Waals surface area contributed by atoms with Crippen LogP contribution in [0, 0.1) is 0 Å². The third kappa shape index (κ3) is 3.48. The molecule has 2 aromatic carbocycles. The molecule has 142 valence electrons. The molecular weight excluding hydrogens is 400 g/mol. The molecule has 0 radical (unpaired) electrons. The van der Waals surface area contributed by atoms with E-state index in [4.69, 9.17) is 4.98 Å². The minimum absolute atomic E-state index is 0.0369. The Kier molecular flexibility index (Phi) is 4.50. The van der Waals surface area contributed by atoms with Crippen LogP contribution >= 0.6 is 22.7 Å². The quantitative estimate of drug-likeness (QED) is 0.396. The zero-order chi connectivity index (χ0) is 19.8. The van der Waals surface area contributed by atoms with E-state index >= 15 is 0 Å². The van der Waals surface area contributed by atoms with Crippen molar-refractivity contribution >= 4 is 33.6 Å². The molecule has 4 nitrogen and oxygen atoms in total. The van der Waals surface area contributed by atoms with Gasteiger partial charge in [-0.2, -0.15) is 0 Å². The van der Waals surface area contributed by atoms with Gasteiger partial charge in [0.05, 0.1) is 21.0 Å². The van der Waals surface area contributed by atoms with E-state index < -0.39 is 0 Å². The third-order valence-corrected chi connectivity index (χ3v) is 6.73. The van der Waals surface area contributed by atoms with Crippen LogP contribution in [-0.2, 0) is 6.42 Å². The van der Waals surface area contributed by atoms with Gasteiger partial charge in [-0.3, -0.25) is 9.78 Å². The zero-order valence-electron chi connectivity index (χ0n) is 15.3. The summed E-state index contributed by atoms with van der Waals surface area (Å²) in [6.07, 6.45) is 0.527. The van der Waals surface area contributed by atoms with Crippen molar-refractivity contribution in [3.05, 3.63) is 92.2 Å². The maximum absolute atomic E-state index is 11.4. The summed E-state index contributed by atoms with van der Waals surface area (Å²) >= 11 is 2.67. The first-order valence-electron chi connectivity index (χ1n) is 9.12. The standard InChI is InChI=1S/C23H16N2O2S2/c26-22-21(29-23(27)25-22)12-15-10-11-20(28-15)19-13-17(14-6-2-1-3-7-14)16-8-4-5-9-18(16)24-19/h1-11,13,26H,12H2,(H,25,27). The van der Waals surface area contributed by atoms with Gasteiger partial charge in [0, 0.05) is 16.7 Å². The van der Waals surface area contributed by atoms with Crippen molar-refractivity contribution in [3.8, 4) is 27.6 Å². The molecule has 0 spiro atoms. The third-order valence-electron chi connectivity index (χ3n) is 4.75. The predicted octanol–water partition coefficient (Wildman–Crippen LogP) is 5.68. The van der Waals surface area contributed by atoms with Crippen molar-refractivity contribution in [1.29, 1.82) is 0 Å². The highest BCUT2D eigenvalue weighted by Crippen LogP contribution is 2.35. The summed E-state index contributed by atoms with van der Waals surface area (Å²) in [5.41, 5.74) is 4.19. The second kappa shape index (κ2) is 7.31. The van der Waals surface area contributed by atoms with Gasteiger partial charge in [0.1, 0.15) is 0 Å². The van der Waals surface area contributed by atoms with Crippen LogP contribution < -0.4 is 4.87 Å². The highest BCUT2D eigenvalue weighted by atomic mass is 32.1. The molecule has 5 aromatic rings. The van der Waals surface area contributed by atoms with Crippen molar-refractivity contribution in [1.82, 2.24) is 9.97 Å². The molecule has 0 aliphatic carbocycles. The topological polar surface area (TPSA) is 66.0 Å². The number of nitrogens with one attached hydrogen (secondary N) is 1. The van der Waals surface area contributed by atoms with Gasteiger partial charge in [-0.25, -0.2) is 4.98 Å². The molecule has 0 bridgehead atoms. The molecule has 5 rings (SSSR count). The van der Waals surface area contributed by atoms with Crippen LogP contribution in [0.1, 0.15) is 9.75 Å². The number of para-hydroxylation sites is 1. The monoisotopic (exact) mass is 416 g/mol. The van der Waals surface area contributed by atoms with E-state index in [1.54, 1.807) is 11.3 Å². The Balaban J connectivity index is 1.58. The highest BCUT2D eigenvalue weighted by molar-refractivity contribution is 7.15. The summed E-state index contributed by atoms with van der Waals surface area (Å²) in [5, 5.41) is 11.0. The molecule has 0 unspecified atom stereocenters. The van der Waals surface area contributed by atoms with E-state index in [-0.39, 0.29) is 10.8 Å². The Bertz CT molecular complexity index is 1370. The maximum Gasteiger partial charge on any atom is 0.307 e. The minimum atomic E-state index is -0.238. The van der Waals surface area contributed by atoms with E-state index in [9.17, 15) is 9.90 Å². The number of fused-ring (bicyclic) bond motifs is 1. The Hall–Kier alpha value is -3.22. The number of aromatic nitrogens is 2. The fraction of sp³-hybridized carbons (Fsp3) is 0.0435. The van der Waals surface area contributed by atoms with E-state index in [0.717, 1.165) is 48.8 Å². The summed E-state index contributed by atoms with van der Waals surface area (Å²) in [6.45, 7) is 0. The number of benzene rings is 2. The van der Waals surface area contributed by atoms with Crippen LogP contribution in [0.3, 0.4) is 0 Å². The lowest BCUT2D eigenvalue weighted by atomic mass is 10.00. The second-order valence-electron chi connectivity index (χ2n) is 6.67. The summed E-state index contributed by atoms with van der Waals surface area (Å²) in [4.78, 5) is 21.3. The lowest BCUT2D eigenvalue weighted by molar-refractivity contribution is 0.451. The first-order chi connectivity index (χ1) is 14.2. The largest absolute Gasteiger partial charge is 0.494 e. The average molecular weight is 417 g/mol. The number of aromatic amines is 1. The molecule has 0 saturated heterocycles. The Morgan fingerprint density at radius 3 is 2.52 bits per heavy atom. The molecule has 29 heavy (non-hydrogen) atoms. The Morgan fingerprint density at radius 2 is 1.72 bits per heavy atom. The normalized spacial score (nSPS) is 11.2. The number of hydrogen-bond donors (Lipinski definition) is 2. The van der Waals surface area contributed by atoms with Gasteiger partial charge < -0.3 is 5.11 Å². The van der Waals surface area contributed by atoms with Crippen molar-refractivity contribution < 1.29 is 5.11 Å². The fourth-order valence-electron chi connectivity index (χ4n) is 3.40. The van der Waals surface area contributed by atoms with Gasteiger partial charge in [-0.1, -0.05) is 59.9 Å². The van der Waals surface area contributed by atoms with Crippen molar-refractivity contribution in [3.63, 3.8) is 0 Å². The number of thiazole rings is 1. The summed E-state index contributed by atoms with van der Waals surface area (Å²) < 4.78 is 0.